The Morgan fingerprint density at radius 2 is 2.03 bits per heavy atom. The number of carbonyl (C=O) groups is 1. The van der Waals surface area contributed by atoms with Crippen molar-refractivity contribution in [3.8, 4) is 0 Å². The molecule has 3 aromatic carbocycles. The van der Waals surface area contributed by atoms with Crippen LogP contribution in [-0.2, 0) is 5.75 Å². The van der Waals surface area contributed by atoms with Crippen molar-refractivity contribution >= 4 is 56.5 Å². The fourth-order valence-corrected chi connectivity index (χ4v) is 5.17. The van der Waals surface area contributed by atoms with E-state index in [-0.39, 0.29) is 11.7 Å². The summed E-state index contributed by atoms with van der Waals surface area (Å²) in [7, 11) is 0. The quantitative estimate of drug-likeness (QED) is 0.340. The summed E-state index contributed by atoms with van der Waals surface area (Å²) in [6, 6.07) is 17.4. The first kappa shape index (κ1) is 19.9. The molecule has 0 saturated heterocycles. The van der Waals surface area contributed by atoms with Crippen molar-refractivity contribution in [2.75, 3.05) is 5.32 Å². The monoisotopic (exact) mass is 442 g/mol. The van der Waals surface area contributed by atoms with Crippen molar-refractivity contribution in [3.05, 3.63) is 88.2 Å². The maximum Gasteiger partial charge on any atom is 0.255 e. The molecule has 0 aliphatic carbocycles. The summed E-state index contributed by atoms with van der Waals surface area (Å²) >= 11 is 9.09. The zero-order valence-corrected chi connectivity index (χ0v) is 17.8. The van der Waals surface area contributed by atoms with Crippen LogP contribution < -0.4 is 5.32 Å². The first-order valence-electron chi connectivity index (χ1n) is 8.83. The number of benzene rings is 3. The van der Waals surface area contributed by atoms with Gasteiger partial charge < -0.3 is 5.32 Å². The molecular weight excluding hydrogens is 427 g/mol. The van der Waals surface area contributed by atoms with E-state index in [0.717, 1.165) is 25.7 Å². The van der Waals surface area contributed by atoms with Gasteiger partial charge in [0.1, 0.15) is 5.82 Å². The zero-order valence-electron chi connectivity index (χ0n) is 15.4. The molecule has 1 aromatic heterocycles. The van der Waals surface area contributed by atoms with E-state index >= 15 is 0 Å². The van der Waals surface area contributed by atoms with Crippen LogP contribution in [0.2, 0.25) is 5.02 Å². The number of halogens is 2. The van der Waals surface area contributed by atoms with Gasteiger partial charge in [-0.3, -0.25) is 4.79 Å². The van der Waals surface area contributed by atoms with Crippen molar-refractivity contribution < 1.29 is 9.18 Å². The molecule has 0 bridgehead atoms. The SMILES string of the molecule is Cc1cc(Cl)ccc1C(=O)Nc1ccc2nc(SCc3cccc(F)c3)sc2c1. The molecule has 146 valence electrons. The van der Waals surface area contributed by atoms with E-state index < -0.39 is 0 Å². The minimum atomic E-state index is -0.233. The number of aromatic nitrogens is 1. The molecule has 4 rings (SSSR count). The third-order valence-electron chi connectivity index (χ3n) is 4.31. The number of fused-ring (bicyclic) bond motifs is 1. The summed E-state index contributed by atoms with van der Waals surface area (Å²) < 4.78 is 15.2. The molecule has 1 N–H and O–H groups in total. The summed E-state index contributed by atoms with van der Waals surface area (Å²) in [5.74, 6) is 0.240. The van der Waals surface area contributed by atoms with Crippen LogP contribution in [-0.4, -0.2) is 10.9 Å². The highest BCUT2D eigenvalue weighted by molar-refractivity contribution is 8.00. The standard InChI is InChI=1S/C22H16ClFN2OS2/c1-13-9-15(23)5-7-18(13)21(27)25-17-6-8-19-20(11-17)29-22(26-19)28-12-14-3-2-4-16(24)10-14/h2-11H,12H2,1H3,(H,25,27). The lowest BCUT2D eigenvalue weighted by Gasteiger charge is -2.08. The average Bonchev–Trinajstić information content (AvgIpc) is 3.08. The fourth-order valence-electron chi connectivity index (χ4n) is 2.90. The van der Waals surface area contributed by atoms with Gasteiger partial charge in [0, 0.05) is 22.0 Å². The highest BCUT2D eigenvalue weighted by atomic mass is 35.5. The predicted octanol–water partition coefficient (Wildman–Crippen LogP) is 6.94. The second kappa shape index (κ2) is 8.53. The lowest BCUT2D eigenvalue weighted by molar-refractivity contribution is 0.102. The van der Waals surface area contributed by atoms with Crippen molar-refractivity contribution in [2.24, 2.45) is 0 Å². The summed E-state index contributed by atoms with van der Waals surface area (Å²) in [6.45, 7) is 1.86. The predicted molar refractivity (Wildman–Crippen MR) is 120 cm³/mol. The third-order valence-corrected chi connectivity index (χ3v) is 6.78. The maximum atomic E-state index is 13.3. The molecule has 0 aliphatic rings. The summed E-state index contributed by atoms with van der Waals surface area (Å²) in [4.78, 5) is 17.2. The van der Waals surface area contributed by atoms with E-state index in [4.69, 9.17) is 11.6 Å². The maximum absolute atomic E-state index is 13.3. The van der Waals surface area contributed by atoms with Gasteiger partial charge in [0.05, 0.1) is 10.2 Å². The zero-order chi connectivity index (χ0) is 20.4. The van der Waals surface area contributed by atoms with Gasteiger partial charge in [-0.2, -0.15) is 0 Å². The molecule has 0 fully saturated rings. The molecule has 1 heterocycles. The van der Waals surface area contributed by atoms with Crippen molar-refractivity contribution in [3.63, 3.8) is 0 Å². The Hall–Kier alpha value is -2.41. The Balaban J connectivity index is 1.48. The van der Waals surface area contributed by atoms with Crippen molar-refractivity contribution in [1.29, 1.82) is 0 Å². The van der Waals surface area contributed by atoms with E-state index in [1.54, 1.807) is 47.4 Å². The molecular formula is C22H16ClFN2OS2. The van der Waals surface area contributed by atoms with Gasteiger partial charge in [-0.1, -0.05) is 35.5 Å². The van der Waals surface area contributed by atoms with Gasteiger partial charge in [-0.15, -0.1) is 11.3 Å². The van der Waals surface area contributed by atoms with Crippen LogP contribution in [0.4, 0.5) is 10.1 Å². The summed E-state index contributed by atoms with van der Waals surface area (Å²) in [5.41, 5.74) is 3.91. The number of carbonyl (C=O) groups excluding carboxylic acids is 1. The largest absolute Gasteiger partial charge is 0.322 e. The molecule has 0 unspecified atom stereocenters. The van der Waals surface area contributed by atoms with Crippen LogP contribution in [0.5, 0.6) is 0 Å². The number of amides is 1. The third kappa shape index (κ3) is 4.78. The number of hydrogen-bond donors (Lipinski definition) is 1. The van der Waals surface area contributed by atoms with Crippen LogP contribution in [0, 0.1) is 12.7 Å². The second-order valence-electron chi connectivity index (χ2n) is 6.49. The number of nitrogens with zero attached hydrogens (tertiary/aromatic N) is 1. The van der Waals surface area contributed by atoms with E-state index in [9.17, 15) is 9.18 Å². The minimum Gasteiger partial charge on any atom is -0.322 e. The van der Waals surface area contributed by atoms with E-state index in [1.165, 1.54) is 12.1 Å². The lowest BCUT2D eigenvalue weighted by Crippen LogP contribution is -2.13. The molecule has 7 heteroatoms. The molecule has 0 spiro atoms. The highest BCUT2D eigenvalue weighted by Crippen LogP contribution is 2.33. The van der Waals surface area contributed by atoms with Crippen molar-refractivity contribution in [2.45, 2.75) is 17.0 Å². The van der Waals surface area contributed by atoms with Gasteiger partial charge in [-0.25, -0.2) is 9.37 Å². The number of nitrogens with one attached hydrogen (secondary N) is 1. The highest BCUT2D eigenvalue weighted by Gasteiger charge is 2.11. The minimum absolute atomic E-state index is 0.177. The van der Waals surface area contributed by atoms with Gasteiger partial charge in [0.2, 0.25) is 0 Å². The molecule has 0 saturated carbocycles. The normalized spacial score (nSPS) is 11.0. The topological polar surface area (TPSA) is 42.0 Å². The average molecular weight is 443 g/mol. The number of hydrogen-bond acceptors (Lipinski definition) is 4. The Bertz CT molecular complexity index is 1210. The molecule has 29 heavy (non-hydrogen) atoms. The molecule has 0 radical (unpaired) electrons. The fraction of sp³-hybridized carbons (Fsp3) is 0.0909. The van der Waals surface area contributed by atoms with Gasteiger partial charge >= 0.3 is 0 Å². The van der Waals surface area contributed by atoms with Gasteiger partial charge in [0.25, 0.3) is 5.91 Å². The Kier molecular flexibility index (Phi) is 5.85. The van der Waals surface area contributed by atoms with Gasteiger partial charge in [-0.05, 0) is 66.6 Å². The van der Waals surface area contributed by atoms with E-state index in [0.29, 0.717) is 22.0 Å². The van der Waals surface area contributed by atoms with E-state index in [1.807, 2.05) is 31.2 Å². The van der Waals surface area contributed by atoms with Crippen LogP contribution >= 0.6 is 34.7 Å². The number of thioether (sulfide) groups is 1. The molecule has 4 aromatic rings. The smallest absolute Gasteiger partial charge is 0.255 e. The first-order chi connectivity index (χ1) is 14.0. The van der Waals surface area contributed by atoms with Gasteiger partial charge in [0.15, 0.2) is 4.34 Å². The summed E-state index contributed by atoms with van der Waals surface area (Å²) in [5, 5.41) is 3.54. The number of thiazole rings is 1. The lowest BCUT2D eigenvalue weighted by atomic mass is 10.1. The number of aryl methyl sites for hydroxylation is 1. The molecule has 3 nitrogen and oxygen atoms in total. The second-order valence-corrected chi connectivity index (χ2v) is 9.18. The number of anilines is 1. The number of rotatable bonds is 5. The van der Waals surface area contributed by atoms with Crippen LogP contribution in [0.25, 0.3) is 10.2 Å². The molecule has 0 atom stereocenters. The van der Waals surface area contributed by atoms with E-state index in [2.05, 4.69) is 10.3 Å². The Morgan fingerprint density at radius 3 is 2.83 bits per heavy atom. The van der Waals surface area contributed by atoms with Crippen molar-refractivity contribution in [1.82, 2.24) is 4.98 Å². The molecule has 1 amide bonds. The van der Waals surface area contributed by atoms with Crippen LogP contribution in [0.3, 0.4) is 0 Å². The van der Waals surface area contributed by atoms with Crippen LogP contribution in [0.1, 0.15) is 21.5 Å². The Labute approximate surface area is 180 Å². The van der Waals surface area contributed by atoms with Crippen LogP contribution in [0.15, 0.2) is 65.0 Å². The molecule has 0 aliphatic heterocycles. The Morgan fingerprint density at radius 1 is 1.17 bits per heavy atom. The first-order valence-corrected chi connectivity index (χ1v) is 11.0. The summed E-state index contributed by atoms with van der Waals surface area (Å²) in [6.07, 6.45) is 0.